The van der Waals surface area contributed by atoms with Gasteiger partial charge in [0.15, 0.2) is 0 Å². The molecule has 128 valence electrons. The van der Waals surface area contributed by atoms with E-state index in [0.29, 0.717) is 13.0 Å². The molecule has 2 aliphatic heterocycles. The van der Waals surface area contributed by atoms with Crippen molar-refractivity contribution in [2.24, 2.45) is 0 Å². The number of carbonyl (C=O) groups is 2. The van der Waals surface area contributed by atoms with Crippen molar-refractivity contribution in [2.45, 2.75) is 25.8 Å². The van der Waals surface area contributed by atoms with Gasteiger partial charge in [0, 0.05) is 18.7 Å². The summed E-state index contributed by atoms with van der Waals surface area (Å²) in [4.78, 5) is 28.2. The molecule has 2 aromatic carbocycles. The molecule has 2 aliphatic rings. The van der Waals surface area contributed by atoms with Gasteiger partial charge in [0.1, 0.15) is 11.8 Å². The number of hydrogen-bond acceptors (Lipinski definition) is 3. The lowest BCUT2D eigenvalue weighted by Crippen LogP contribution is -2.34. The van der Waals surface area contributed by atoms with E-state index in [-0.39, 0.29) is 11.9 Å². The first-order valence-electron chi connectivity index (χ1n) is 8.59. The maximum atomic E-state index is 12.7. The van der Waals surface area contributed by atoms with Gasteiger partial charge in [0.25, 0.3) is 5.91 Å². The smallest absolute Gasteiger partial charge is 0.331 e. The largest absolute Gasteiger partial charge is 0.493 e. The first-order chi connectivity index (χ1) is 12.1. The summed E-state index contributed by atoms with van der Waals surface area (Å²) in [6.07, 6.45) is 1.57. The van der Waals surface area contributed by atoms with Crippen molar-refractivity contribution in [1.82, 2.24) is 4.90 Å². The minimum atomic E-state index is -0.469. The molecule has 0 aliphatic carbocycles. The summed E-state index contributed by atoms with van der Waals surface area (Å²) >= 11 is 0. The topological polar surface area (TPSA) is 49.9 Å². The molecule has 0 N–H and O–H groups in total. The molecular weight excluding hydrogens is 316 g/mol. The third-order valence-electron chi connectivity index (χ3n) is 4.86. The molecule has 0 spiro atoms. The molecule has 1 saturated heterocycles. The number of anilines is 1. The number of nitrogens with zero attached hydrogens (tertiary/aromatic N) is 2. The molecule has 1 unspecified atom stereocenters. The van der Waals surface area contributed by atoms with Crippen LogP contribution in [0.2, 0.25) is 0 Å². The van der Waals surface area contributed by atoms with Crippen molar-refractivity contribution in [3.8, 4) is 5.75 Å². The van der Waals surface area contributed by atoms with Crippen molar-refractivity contribution < 1.29 is 14.3 Å². The Hall–Kier alpha value is -2.82. The first-order valence-corrected chi connectivity index (χ1v) is 8.59. The van der Waals surface area contributed by atoms with E-state index in [1.54, 1.807) is 11.8 Å². The van der Waals surface area contributed by atoms with Gasteiger partial charge in [-0.3, -0.25) is 14.6 Å². The molecule has 0 radical (unpaired) electrons. The zero-order chi connectivity index (χ0) is 17.4. The van der Waals surface area contributed by atoms with Gasteiger partial charge in [0.05, 0.1) is 6.61 Å². The van der Waals surface area contributed by atoms with Crippen molar-refractivity contribution >= 4 is 17.6 Å². The summed E-state index contributed by atoms with van der Waals surface area (Å²) in [6, 6.07) is 14.7. The summed E-state index contributed by atoms with van der Waals surface area (Å²) in [5.74, 6) is 0.805. The highest BCUT2D eigenvalue weighted by Crippen LogP contribution is 2.28. The maximum absolute atomic E-state index is 12.7. The minimum Gasteiger partial charge on any atom is -0.493 e. The monoisotopic (exact) mass is 336 g/mol. The summed E-state index contributed by atoms with van der Waals surface area (Å²) in [7, 11) is 0. The number of benzene rings is 2. The van der Waals surface area contributed by atoms with Gasteiger partial charge in [-0.1, -0.05) is 30.3 Å². The highest BCUT2D eigenvalue weighted by molar-refractivity contribution is 6.14. The Labute approximate surface area is 146 Å². The zero-order valence-corrected chi connectivity index (χ0v) is 14.1. The van der Waals surface area contributed by atoms with E-state index in [0.717, 1.165) is 30.0 Å². The predicted molar refractivity (Wildman–Crippen MR) is 94.8 cm³/mol. The van der Waals surface area contributed by atoms with E-state index in [9.17, 15) is 9.59 Å². The molecule has 25 heavy (non-hydrogen) atoms. The Morgan fingerprint density at radius 1 is 1.12 bits per heavy atom. The number of imide groups is 1. The van der Waals surface area contributed by atoms with Crippen molar-refractivity contribution in [1.29, 1.82) is 0 Å². The van der Waals surface area contributed by atoms with Crippen LogP contribution in [0.15, 0.2) is 48.5 Å². The summed E-state index contributed by atoms with van der Waals surface area (Å²) in [5, 5.41) is 0. The molecule has 1 atom stereocenters. The normalized spacial score (nSPS) is 19.3. The molecule has 0 aromatic heterocycles. The number of amides is 3. The van der Waals surface area contributed by atoms with E-state index in [1.165, 1.54) is 10.5 Å². The molecule has 4 rings (SSSR count). The highest BCUT2D eigenvalue weighted by Gasteiger charge is 2.42. The van der Waals surface area contributed by atoms with Gasteiger partial charge in [-0.25, -0.2) is 4.79 Å². The molecule has 5 nitrogen and oxygen atoms in total. The molecular formula is C20H20N2O3. The Bertz CT molecular complexity index is 819. The fourth-order valence-electron chi connectivity index (χ4n) is 3.49. The summed E-state index contributed by atoms with van der Waals surface area (Å²) in [6.45, 7) is 2.90. The van der Waals surface area contributed by atoms with Crippen LogP contribution in [0.5, 0.6) is 5.75 Å². The Balaban J connectivity index is 1.49. The van der Waals surface area contributed by atoms with Crippen LogP contribution >= 0.6 is 0 Å². The predicted octanol–water partition coefficient (Wildman–Crippen LogP) is 3.02. The van der Waals surface area contributed by atoms with Crippen molar-refractivity contribution in [3.05, 3.63) is 59.7 Å². The van der Waals surface area contributed by atoms with E-state index in [1.807, 2.05) is 42.5 Å². The van der Waals surface area contributed by atoms with Gasteiger partial charge in [-0.15, -0.1) is 0 Å². The van der Waals surface area contributed by atoms with Crippen LogP contribution in [0.25, 0.3) is 0 Å². The standard InChI is InChI=1S/C20H20N2O3/c1-14-19(23)21(20(24)22(14)17-5-3-2-4-6-17)11-9-15-7-8-18-16(13-15)10-12-25-18/h2-8,13-14H,9-12H2,1H3. The second-order valence-corrected chi connectivity index (χ2v) is 6.44. The molecule has 1 fully saturated rings. The lowest BCUT2D eigenvalue weighted by atomic mass is 10.1. The molecule has 3 amide bonds. The van der Waals surface area contributed by atoms with Gasteiger partial charge >= 0.3 is 6.03 Å². The highest BCUT2D eigenvalue weighted by atomic mass is 16.5. The van der Waals surface area contributed by atoms with Crippen LogP contribution in [0, 0.1) is 0 Å². The van der Waals surface area contributed by atoms with E-state index in [4.69, 9.17) is 4.74 Å². The number of rotatable bonds is 4. The van der Waals surface area contributed by atoms with Crippen molar-refractivity contribution in [3.63, 3.8) is 0 Å². The molecule has 0 saturated carbocycles. The molecule has 0 bridgehead atoms. The van der Waals surface area contributed by atoms with E-state index < -0.39 is 6.04 Å². The number of urea groups is 1. The first kappa shape index (κ1) is 15.7. The number of carbonyl (C=O) groups excluding carboxylic acids is 2. The Kier molecular flexibility index (Phi) is 3.92. The van der Waals surface area contributed by atoms with Crippen LogP contribution < -0.4 is 9.64 Å². The molecule has 2 heterocycles. The van der Waals surface area contributed by atoms with Crippen LogP contribution in [0.3, 0.4) is 0 Å². The quantitative estimate of drug-likeness (QED) is 0.807. The number of ether oxygens (including phenoxy) is 1. The van der Waals surface area contributed by atoms with Crippen molar-refractivity contribution in [2.75, 3.05) is 18.1 Å². The van der Waals surface area contributed by atoms with Crippen LogP contribution in [0.1, 0.15) is 18.1 Å². The number of para-hydroxylation sites is 1. The third-order valence-corrected chi connectivity index (χ3v) is 4.86. The van der Waals surface area contributed by atoms with Gasteiger partial charge in [0.2, 0.25) is 0 Å². The second-order valence-electron chi connectivity index (χ2n) is 6.44. The Morgan fingerprint density at radius 2 is 1.92 bits per heavy atom. The van der Waals surface area contributed by atoms with Gasteiger partial charge in [-0.05, 0) is 42.7 Å². The molecule has 5 heteroatoms. The summed E-state index contributed by atoms with van der Waals surface area (Å²) in [5.41, 5.74) is 3.08. The second kappa shape index (κ2) is 6.24. The lowest BCUT2D eigenvalue weighted by molar-refractivity contribution is -0.126. The minimum absolute atomic E-state index is 0.140. The van der Waals surface area contributed by atoms with E-state index in [2.05, 4.69) is 6.07 Å². The van der Waals surface area contributed by atoms with Crippen LogP contribution in [-0.4, -0.2) is 36.0 Å². The fraction of sp³-hybridized carbons (Fsp3) is 0.300. The SMILES string of the molecule is CC1C(=O)N(CCc2ccc3c(c2)CCO3)C(=O)N1c1ccccc1. The average molecular weight is 336 g/mol. The lowest BCUT2D eigenvalue weighted by Gasteiger charge is -2.19. The molecule has 2 aromatic rings. The maximum Gasteiger partial charge on any atom is 0.331 e. The fourth-order valence-corrected chi connectivity index (χ4v) is 3.49. The van der Waals surface area contributed by atoms with Gasteiger partial charge in [-0.2, -0.15) is 0 Å². The van der Waals surface area contributed by atoms with Crippen LogP contribution in [-0.2, 0) is 17.6 Å². The Morgan fingerprint density at radius 3 is 2.72 bits per heavy atom. The van der Waals surface area contributed by atoms with Crippen LogP contribution in [0.4, 0.5) is 10.5 Å². The number of hydrogen-bond donors (Lipinski definition) is 0. The summed E-state index contributed by atoms with van der Waals surface area (Å²) < 4.78 is 5.52. The van der Waals surface area contributed by atoms with Gasteiger partial charge < -0.3 is 4.74 Å². The zero-order valence-electron chi connectivity index (χ0n) is 14.1. The van der Waals surface area contributed by atoms with E-state index >= 15 is 0 Å². The average Bonchev–Trinajstić information content (AvgIpc) is 3.17. The third kappa shape index (κ3) is 2.76. The number of fused-ring (bicyclic) bond motifs is 1.